The number of para-hydroxylation sites is 1. The van der Waals surface area contributed by atoms with Crippen LogP contribution in [-0.4, -0.2) is 35.2 Å². The van der Waals surface area contributed by atoms with Crippen molar-refractivity contribution in [2.75, 3.05) is 30.9 Å². The third-order valence-corrected chi connectivity index (χ3v) is 4.84. The van der Waals surface area contributed by atoms with Crippen LogP contribution >= 0.6 is 11.6 Å². The Kier molecular flexibility index (Phi) is 6.24. The van der Waals surface area contributed by atoms with Gasteiger partial charge in [0.1, 0.15) is 12.4 Å². The molecule has 0 unspecified atom stereocenters. The van der Waals surface area contributed by atoms with Crippen LogP contribution in [0.3, 0.4) is 0 Å². The van der Waals surface area contributed by atoms with Gasteiger partial charge in [0.2, 0.25) is 5.91 Å². The molecule has 0 atom stereocenters. The number of hydrogen-bond acceptors (Lipinski definition) is 5. The minimum absolute atomic E-state index is 0.0547. The second-order valence-corrected chi connectivity index (χ2v) is 7.02. The SMILES string of the molecule is COCC(=O)Nc1cc(S(=O)(=O)Nc2ccccc2Cl)ccc1OC. The van der Waals surface area contributed by atoms with Crippen molar-refractivity contribution < 1.29 is 22.7 Å². The third-order valence-electron chi connectivity index (χ3n) is 3.15. The lowest BCUT2D eigenvalue weighted by molar-refractivity contribution is -0.119. The smallest absolute Gasteiger partial charge is 0.262 e. The van der Waals surface area contributed by atoms with Gasteiger partial charge in [0.05, 0.1) is 28.4 Å². The molecule has 9 heteroatoms. The monoisotopic (exact) mass is 384 g/mol. The Balaban J connectivity index is 2.34. The summed E-state index contributed by atoms with van der Waals surface area (Å²) in [5, 5.41) is 2.81. The quantitative estimate of drug-likeness (QED) is 0.765. The first-order valence-electron chi connectivity index (χ1n) is 7.11. The van der Waals surface area contributed by atoms with Crippen LogP contribution in [0.15, 0.2) is 47.4 Å². The Morgan fingerprint density at radius 2 is 1.84 bits per heavy atom. The van der Waals surface area contributed by atoms with E-state index in [4.69, 9.17) is 21.1 Å². The molecular weight excluding hydrogens is 368 g/mol. The van der Waals surface area contributed by atoms with E-state index >= 15 is 0 Å². The maximum Gasteiger partial charge on any atom is 0.262 e. The van der Waals surface area contributed by atoms with Gasteiger partial charge in [-0.2, -0.15) is 0 Å². The fourth-order valence-corrected chi connectivity index (χ4v) is 3.36. The van der Waals surface area contributed by atoms with Gasteiger partial charge in [0.15, 0.2) is 0 Å². The second-order valence-electron chi connectivity index (χ2n) is 4.93. The fourth-order valence-electron chi connectivity index (χ4n) is 2.02. The van der Waals surface area contributed by atoms with Gasteiger partial charge in [-0.25, -0.2) is 8.42 Å². The number of nitrogens with one attached hydrogen (secondary N) is 2. The lowest BCUT2D eigenvalue weighted by Gasteiger charge is -2.13. The number of hydrogen-bond donors (Lipinski definition) is 2. The highest BCUT2D eigenvalue weighted by Gasteiger charge is 2.18. The minimum atomic E-state index is -3.90. The van der Waals surface area contributed by atoms with Gasteiger partial charge in [-0.15, -0.1) is 0 Å². The Bertz CT molecular complexity index is 871. The number of sulfonamides is 1. The number of ether oxygens (including phenoxy) is 2. The van der Waals surface area contributed by atoms with Gasteiger partial charge in [-0.05, 0) is 30.3 Å². The topological polar surface area (TPSA) is 93.7 Å². The van der Waals surface area contributed by atoms with E-state index in [1.165, 1.54) is 32.4 Å². The lowest BCUT2D eigenvalue weighted by Crippen LogP contribution is -2.18. The number of carbonyl (C=O) groups is 1. The number of carbonyl (C=O) groups excluding carboxylic acids is 1. The number of rotatable bonds is 7. The zero-order chi connectivity index (χ0) is 18.4. The van der Waals surface area contributed by atoms with Crippen LogP contribution in [0.4, 0.5) is 11.4 Å². The van der Waals surface area contributed by atoms with Crippen LogP contribution in [-0.2, 0) is 19.6 Å². The predicted molar refractivity (Wildman–Crippen MR) is 95.8 cm³/mol. The van der Waals surface area contributed by atoms with Gasteiger partial charge in [0, 0.05) is 7.11 Å². The predicted octanol–water partition coefficient (Wildman–Crippen LogP) is 2.73. The van der Waals surface area contributed by atoms with E-state index in [1.807, 2.05) is 0 Å². The molecule has 1 amide bonds. The number of anilines is 2. The summed E-state index contributed by atoms with van der Waals surface area (Å²) in [5.74, 6) is -0.115. The standard InChI is InChI=1S/C16H17ClN2O5S/c1-23-10-16(20)18-14-9-11(7-8-15(14)24-2)25(21,22)19-13-6-4-3-5-12(13)17/h3-9,19H,10H2,1-2H3,(H,18,20). The summed E-state index contributed by atoms with van der Waals surface area (Å²) in [6, 6.07) is 10.6. The molecule has 0 fully saturated rings. The van der Waals surface area contributed by atoms with Gasteiger partial charge in [-0.1, -0.05) is 23.7 Å². The van der Waals surface area contributed by atoms with E-state index in [-0.39, 0.29) is 27.9 Å². The highest BCUT2D eigenvalue weighted by atomic mass is 35.5. The molecule has 0 aliphatic rings. The van der Waals surface area contributed by atoms with Crippen molar-refractivity contribution in [2.24, 2.45) is 0 Å². The third kappa shape index (κ3) is 4.85. The van der Waals surface area contributed by atoms with E-state index in [0.717, 1.165) is 0 Å². The van der Waals surface area contributed by atoms with Crippen molar-refractivity contribution >= 4 is 38.9 Å². The largest absolute Gasteiger partial charge is 0.495 e. The van der Waals surface area contributed by atoms with Gasteiger partial charge < -0.3 is 14.8 Å². The van der Waals surface area contributed by atoms with Crippen LogP contribution in [0, 0.1) is 0 Å². The van der Waals surface area contributed by atoms with Crippen molar-refractivity contribution in [3.05, 3.63) is 47.5 Å². The molecule has 2 aromatic rings. The number of amides is 1. The summed E-state index contributed by atoms with van der Waals surface area (Å²) in [6.45, 7) is -0.169. The first-order chi connectivity index (χ1) is 11.9. The Morgan fingerprint density at radius 3 is 2.48 bits per heavy atom. The van der Waals surface area contributed by atoms with Gasteiger partial charge in [0.25, 0.3) is 10.0 Å². The zero-order valence-corrected chi connectivity index (χ0v) is 15.1. The Hall–Kier alpha value is -2.29. The molecule has 0 aromatic heterocycles. The fraction of sp³-hybridized carbons (Fsp3) is 0.188. The van der Waals surface area contributed by atoms with Crippen LogP contribution in [0.1, 0.15) is 0 Å². The summed E-state index contributed by atoms with van der Waals surface area (Å²) in [7, 11) is -1.11. The highest BCUT2D eigenvalue weighted by molar-refractivity contribution is 7.92. The number of benzene rings is 2. The maximum absolute atomic E-state index is 12.6. The van der Waals surface area contributed by atoms with Crippen LogP contribution in [0.5, 0.6) is 5.75 Å². The Morgan fingerprint density at radius 1 is 1.12 bits per heavy atom. The lowest BCUT2D eigenvalue weighted by atomic mass is 10.3. The molecule has 2 N–H and O–H groups in total. The molecule has 2 rings (SSSR count). The van der Waals surface area contributed by atoms with Crippen molar-refractivity contribution in [3.8, 4) is 5.75 Å². The first kappa shape index (κ1) is 19.0. The molecule has 25 heavy (non-hydrogen) atoms. The molecule has 0 aliphatic carbocycles. The maximum atomic E-state index is 12.6. The van der Waals surface area contributed by atoms with Crippen molar-refractivity contribution in [1.82, 2.24) is 0 Å². The molecule has 134 valence electrons. The number of methoxy groups -OCH3 is 2. The van der Waals surface area contributed by atoms with E-state index in [1.54, 1.807) is 24.3 Å². The van der Waals surface area contributed by atoms with Crippen LogP contribution in [0.25, 0.3) is 0 Å². The molecule has 0 radical (unpaired) electrons. The molecule has 0 aliphatic heterocycles. The van der Waals surface area contributed by atoms with Crippen molar-refractivity contribution in [3.63, 3.8) is 0 Å². The van der Waals surface area contributed by atoms with E-state index < -0.39 is 15.9 Å². The second kappa shape index (κ2) is 8.19. The summed E-state index contributed by atoms with van der Waals surface area (Å²) in [4.78, 5) is 11.6. The average Bonchev–Trinajstić information content (AvgIpc) is 2.57. The van der Waals surface area contributed by atoms with Gasteiger partial charge in [-0.3, -0.25) is 9.52 Å². The molecule has 0 bridgehead atoms. The average molecular weight is 385 g/mol. The first-order valence-corrected chi connectivity index (χ1v) is 8.97. The number of halogens is 1. The van der Waals surface area contributed by atoms with Crippen molar-refractivity contribution in [1.29, 1.82) is 0 Å². The zero-order valence-electron chi connectivity index (χ0n) is 13.6. The van der Waals surface area contributed by atoms with Crippen LogP contribution in [0.2, 0.25) is 5.02 Å². The minimum Gasteiger partial charge on any atom is -0.495 e. The summed E-state index contributed by atoms with van der Waals surface area (Å²) in [6.07, 6.45) is 0. The van der Waals surface area contributed by atoms with Gasteiger partial charge >= 0.3 is 0 Å². The molecule has 0 spiro atoms. The van der Waals surface area contributed by atoms with E-state index in [0.29, 0.717) is 5.75 Å². The molecule has 0 heterocycles. The molecule has 0 saturated heterocycles. The molecule has 2 aromatic carbocycles. The Labute approximate surface area is 151 Å². The normalized spacial score (nSPS) is 11.0. The summed E-state index contributed by atoms with van der Waals surface area (Å²) in [5.41, 5.74) is 0.469. The van der Waals surface area contributed by atoms with E-state index in [9.17, 15) is 13.2 Å². The summed E-state index contributed by atoms with van der Waals surface area (Å²) >= 11 is 5.98. The molecular formula is C16H17ClN2O5S. The molecule has 7 nitrogen and oxygen atoms in total. The van der Waals surface area contributed by atoms with Crippen LogP contribution < -0.4 is 14.8 Å². The highest BCUT2D eigenvalue weighted by Crippen LogP contribution is 2.29. The molecule has 0 saturated carbocycles. The summed E-state index contributed by atoms with van der Waals surface area (Å²) < 4.78 is 37.4. The van der Waals surface area contributed by atoms with Crippen molar-refractivity contribution in [2.45, 2.75) is 4.90 Å². The van der Waals surface area contributed by atoms with E-state index in [2.05, 4.69) is 10.0 Å².